The smallest absolute Gasteiger partial charge is 0.347 e. The molecular formula is C24H30Cl2N2O4. The van der Waals surface area contributed by atoms with Gasteiger partial charge >= 0.3 is 5.97 Å². The number of ether oxygens (including phenoxy) is 1. The predicted octanol–water partition coefficient (Wildman–Crippen LogP) is 5.87. The number of anilines is 1. The molecule has 0 atom stereocenters. The number of carboxylic acid groups (broad SMARTS) is 1. The van der Waals surface area contributed by atoms with Crippen molar-refractivity contribution in [3.63, 3.8) is 0 Å². The number of unbranched alkanes of at least 4 members (excludes halogenated alkanes) is 2. The summed E-state index contributed by atoms with van der Waals surface area (Å²) in [4.78, 5) is 26.0. The van der Waals surface area contributed by atoms with Crippen LogP contribution in [0.2, 0.25) is 10.0 Å². The van der Waals surface area contributed by atoms with Crippen molar-refractivity contribution in [2.75, 3.05) is 18.4 Å². The summed E-state index contributed by atoms with van der Waals surface area (Å²) in [6.07, 6.45) is 3.16. The molecule has 0 saturated carbocycles. The fourth-order valence-corrected chi connectivity index (χ4v) is 3.50. The van der Waals surface area contributed by atoms with Gasteiger partial charge in [-0.25, -0.2) is 4.79 Å². The van der Waals surface area contributed by atoms with Crippen molar-refractivity contribution in [2.24, 2.45) is 0 Å². The van der Waals surface area contributed by atoms with E-state index in [1.807, 2.05) is 12.1 Å². The summed E-state index contributed by atoms with van der Waals surface area (Å²) in [6, 6.07) is 12.2. The number of carbonyl (C=O) groups is 2. The number of benzene rings is 2. The van der Waals surface area contributed by atoms with Gasteiger partial charge in [0.2, 0.25) is 5.91 Å². The van der Waals surface area contributed by atoms with Crippen LogP contribution in [0.25, 0.3) is 0 Å². The molecule has 0 aliphatic heterocycles. The monoisotopic (exact) mass is 480 g/mol. The predicted molar refractivity (Wildman–Crippen MR) is 129 cm³/mol. The molecule has 2 N–H and O–H groups in total. The maximum atomic E-state index is 12.6. The summed E-state index contributed by atoms with van der Waals surface area (Å²) in [5, 5.41) is 13.0. The number of carboxylic acids is 1. The normalized spacial score (nSPS) is 11.4. The van der Waals surface area contributed by atoms with Gasteiger partial charge in [-0.05, 0) is 62.7 Å². The van der Waals surface area contributed by atoms with Crippen molar-refractivity contribution in [2.45, 2.75) is 52.2 Å². The highest BCUT2D eigenvalue weighted by Gasteiger charge is 2.29. The van der Waals surface area contributed by atoms with E-state index in [-0.39, 0.29) is 12.5 Å². The van der Waals surface area contributed by atoms with Gasteiger partial charge in [-0.2, -0.15) is 0 Å². The topological polar surface area (TPSA) is 78.9 Å². The average molecular weight is 481 g/mol. The van der Waals surface area contributed by atoms with E-state index in [1.165, 1.54) is 13.8 Å². The number of hydrogen-bond donors (Lipinski definition) is 2. The summed E-state index contributed by atoms with van der Waals surface area (Å²) >= 11 is 12.1. The van der Waals surface area contributed by atoms with Crippen LogP contribution in [0.1, 0.15) is 45.6 Å². The number of carbonyl (C=O) groups excluding carboxylic acids is 1. The summed E-state index contributed by atoms with van der Waals surface area (Å²) in [5.41, 5.74) is 0.214. The second-order valence-electron chi connectivity index (χ2n) is 8.15. The Morgan fingerprint density at radius 1 is 1.09 bits per heavy atom. The lowest BCUT2D eigenvalue weighted by Gasteiger charge is -2.23. The fraction of sp³-hybridized carbons (Fsp3) is 0.417. The van der Waals surface area contributed by atoms with E-state index in [4.69, 9.17) is 27.9 Å². The first-order chi connectivity index (χ1) is 15.1. The number of aliphatic carboxylic acids is 1. The van der Waals surface area contributed by atoms with Crippen molar-refractivity contribution in [3.8, 4) is 5.75 Å². The molecule has 0 spiro atoms. The van der Waals surface area contributed by atoms with Crippen LogP contribution in [0.4, 0.5) is 5.69 Å². The zero-order chi connectivity index (χ0) is 23.7. The molecule has 0 aliphatic rings. The standard InChI is InChI=1S/C24H30Cl2N2O4/c1-4-5-6-13-28(16-22(29)27-21-12-9-18(25)14-20(21)26)15-17-7-10-19(11-8-17)32-24(2,3)23(30)31/h7-12,14H,4-6,13,15-16H2,1-3H3,(H,27,29)(H,30,31). The third kappa shape index (κ3) is 8.34. The Bertz CT molecular complexity index is 917. The number of amides is 1. The van der Waals surface area contributed by atoms with Crippen molar-refractivity contribution >= 4 is 40.8 Å². The molecule has 6 nitrogen and oxygen atoms in total. The molecular weight excluding hydrogens is 451 g/mol. The molecule has 0 unspecified atom stereocenters. The third-order valence-corrected chi connectivity index (χ3v) is 5.42. The van der Waals surface area contributed by atoms with E-state index in [9.17, 15) is 14.7 Å². The quantitative estimate of drug-likeness (QED) is 0.371. The van der Waals surface area contributed by atoms with E-state index in [0.29, 0.717) is 28.0 Å². The van der Waals surface area contributed by atoms with Gasteiger partial charge in [0.25, 0.3) is 0 Å². The number of hydrogen-bond acceptors (Lipinski definition) is 4. The first-order valence-electron chi connectivity index (χ1n) is 10.6. The van der Waals surface area contributed by atoms with E-state index < -0.39 is 11.6 Å². The van der Waals surface area contributed by atoms with Gasteiger partial charge in [-0.15, -0.1) is 0 Å². The molecule has 8 heteroatoms. The molecule has 174 valence electrons. The lowest BCUT2D eigenvalue weighted by atomic mass is 10.1. The first kappa shape index (κ1) is 26.0. The van der Waals surface area contributed by atoms with Gasteiger partial charge < -0.3 is 15.2 Å². The van der Waals surface area contributed by atoms with Crippen molar-refractivity contribution in [3.05, 3.63) is 58.1 Å². The molecule has 0 saturated heterocycles. The summed E-state index contributed by atoms with van der Waals surface area (Å²) in [6.45, 7) is 6.71. The molecule has 0 heterocycles. The largest absolute Gasteiger partial charge is 0.478 e. The van der Waals surface area contributed by atoms with Crippen molar-refractivity contribution in [1.82, 2.24) is 4.90 Å². The van der Waals surface area contributed by atoms with Gasteiger partial charge in [0.1, 0.15) is 5.75 Å². The van der Waals surface area contributed by atoms with Gasteiger partial charge in [0.15, 0.2) is 5.60 Å². The Morgan fingerprint density at radius 3 is 2.38 bits per heavy atom. The number of nitrogens with zero attached hydrogens (tertiary/aromatic N) is 1. The van der Waals surface area contributed by atoms with Crippen molar-refractivity contribution in [1.29, 1.82) is 0 Å². The molecule has 32 heavy (non-hydrogen) atoms. The van der Waals surface area contributed by atoms with E-state index in [1.54, 1.807) is 30.3 Å². The van der Waals surface area contributed by atoms with Crippen LogP contribution in [0, 0.1) is 0 Å². The van der Waals surface area contributed by atoms with Crippen LogP contribution in [0.3, 0.4) is 0 Å². The number of nitrogens with one attached hydrogen (secondary N) is 1. The van der Waals surface area contributed by atoms with Gasteiger partial charge in [-0.3, -0.25) is 9.69 Å². The SMILES string of the molecule is CCCCCN(CC(=O)Nc1ccc(Cl)cc1Cl)Cc1ccc(OC(C)(C)C(=O)O)cc1. The van der Waals surface area contributed by atoms with E-state index in [0.717, 1.165) is 31.4 Å². The molecule has 0 bridgehead atoms. The van der Waals surface area contributed by atoms with Crippen LogP contribution >= 0.6 is 23.2 Å². The van der Waals surface area contributed by atoms with Crippen LogP contribution in [0.15, 0.2) is 42.5 Å². The zero-order valence-corrected chi connectivity index (χ0v) is 20.2. The zero-order valence-electron chi connectivity index (χ0n) is 18.7. The second-order valence-corrected chi connectivity index (χ2v) is 9.00. The highest BCUT2D eigenvalue weighted by atomic mass is 35.5. The molecule has 0 radical (unpaired) electrons. The summed E-state index contributed by atoms with van der Waals surface area (Å²) in [7, 11) is 0. The van der Waals surface area contributed by atoms with Gasteiger partial charge in [0.05, 0.1) is 17.3 Å². The Hall–Kier alpha value is -2.28. The summed E-state index contributed by atoms with van der Waals surface area (Å²) < 4.78 is 5.55. The lowest BCUT2D eigenvalue weighted by Crippen LogP contribution is -2.37. The molecule has 0 fully saturated rings. The number of halogens is 2. The van der Waals surface area contributed by atoms with Crippen molar-refractivity contribution < 1.29 is 19.4 Å². The first-order valence-corrected chi connectivity index (χ1v) is 11.3. The van der Waals surface area contributed by atoms with Crippen LogP contribution in [-0.2, 0) is 16.1 Å². The van der Waals surface area contributed by atoms with Gasteiger partial charge in [0, 0.05) is 11.6 Å². The van der Waals surface area contributed by atoms with Crippen LogP contribution in [-0.4, -0.2) is 40.6 Å². The molecule has 2 aromatic carbocycles. The van der Waals surface area contributed by atoms with E-state index in [2.05, 4.69) is 17.1 Å². The van der Waals surface area contributed by atoms with Crippen LogP contribution < -0.4 is 10.1 Å². The molecule has 2 rings (SSSR count). The van der Waals surface area contributed by atoms with Crippen LogP contribution in [0.5, 0.6) is 5.75 Å². The second kappa shape index (κ2) is 12.1. The fourth-order valence-electron chi connectivity index (χ4n) is 3.04. The van der Waals surface area contributed by atoms with Gasteiger partial charge in [-0.1, -0.05) is 55.1 Å². The lowest BCUT2D eigenvalue weighted by molar-refractivity contribution is -0.152. The molecule has 1 amide bonds. The highest BCUT2D eigenvalue weighted by Crippen LogP contribution is 2.25. The minimum absolute atomic E-state index is 0.158. The highest BCUT2D eigenvalue weighted by molar-refractivity contribution is 6.36. The molecule has 0 aliphatic carbocycles. The Labute approximate surface area is 199 Å². The minimum atomic E-state index is -1.31. The van der Waals surface area contributed by atoms with E-state index >= 15 is 0 Å². The summed E-state index contributed by atoms with van der Waals surface area (Å²) in [5.74, 6) is -0.710. The number of rotatable bonds is 12. The Balaban J connectivity index is 2.03. The maximum absolute atomic E-state index is 12.6. The molecule has 2 aromatic rings. The maximum Gasteiger partial charge on any atom is 0.347 e. The molecule has 0 aromatic heterocycles. The Kier molecular flexibility index (Phi) is 9.82. The average Bonchev–Trinajstić information content (AvgIpc) is 2.71. The Morgan fingerprint density at radius 2 is 1.78 bits per heavy atom. The minimum Gasteiger partial charge on any atom is -0.478 e. The third-order valence-electron chi connectivity index (χ3n) is 4.87.